The smallest absolute Gasteiger partial charge is 0.224 e. The molecule has 0 bridgehead atoms. The number of para-hydroxylation sites is 1. The number of aromatic nitrogens is 3. The van der Waals surface area contributed by atoms with Crippen molar-refractivity contribution in [1.82, 2.24) is 15.0 Å². The Morgan fingerprint density at radius 1 is 0.920 bits per heavy atom. The number of aromatic hydroxyl groups is 1. The van der Waals surface area contributed by atoms with E-state index in [0.29, 0.717) is 17.2 Å². The van der Waals surface area contributed by atoms with E-state index in [0.717, 1.165) is 11.3 Å². The molecule has 0 amide bonds. The molecule has 0 fully saturated rings. The number of nitrogens with two attached hydrogens (primary N) is 1. The van der Waals surface area contributed by atoms with Crippen molar-refractivity contribution >= 4 is 23.8 Å². The van der Waals surface area contributed by atoms with E-state index in [-0.39, 0.29) is 11.7 Å². The standard InChI is InChI=1S/C19H19N5O/c1-24(2)14-10-7-13(8-11-14)9-12-17-21-18(23-19(20)22-17)15-5-3-4-6-16(15)25/h3-12,25H,1-2H3,(H2,20,21,22,23)/b12-9+. The third kappa shape index (κ3) is 3.92. The summed E-state index contributed by atoms with van der Waals surface area (Å²) in [4.78, 5) is 14.6. The average Bonchev–Trinajstić information content (AvgIpc) is 2.60. The minimum Gasteiger partial charge on any atom is -0.507 e. The number of nitrogen functional groups attached to an aromatic ring is 1. The Bertz CT molecular complexity index is 904. The molecule has 0 saturated heterocycles. The number of benzene rings is 2. The molecule has 25 heavy (non-hydrogen) atoms. The van der Waals surface area contributed by atoms with Gasteiger partial charge in [-0.25, -0.2) is 4.98 Å². The highest BCUT2D eigenvalue weighted by Gasteiger charge is 2.09. The molecule has 3 rings (SSSR count). The summed E-state index contributed by atoms with van der Waals surface area (Å²) in [7, 11) is 4.00. The van der Waals surface area contributed by atoms with E-state index in [9.17, 15) is 5.11 Å². The molecule has 0 atom stereocenters. The highest BCUT2D eigenvalue weighted by Crippen LogP contribution is 2.26. The van der Waals surface area contributed by atoms with Crippen molar-refractivity contribution in [3.8, 4) is 17.1 Å². The molecule has 0 saturated carbocycles. The summed E-state index contributed by atoms with van der Waals surface area (Å²) in [5.41, 5.74) is 8.45. The molecule has 1 heterocycles. The number of rotatable bonds is 4. The lowest BCUT2D eigenvalue weighted by molar-refractivity contribution is 0.477. The number of phenolic OH excluding ortho intramolecular Hbond substituents is 1. The molecule has 1 aromatic heterocycles. The Kier molecular flexibility index (Phi) is 4.61. The zero-order valence-corrected chi connectivity index (χ0v) is 14.1. The lowest BCUT2D eigenvalue weighted by Crippen LogP contribution is -2.07. The van der Waals surface area contributed by atoms with Crippen molar-refractivity contribution in [3.63, 3.8) is 0 Å². The van der Waals surface area contributed by atoms with E-state index >= 15 is 0 Å². The van der Waals surface area contributed by atoms with E-state index in [1.807, 2.05) is 49.3 Å². The fourth-order valence-electron chi connectivity index (χ4n) is 2.32. The first-order valence-electron chi connectivity index (χ1n) is 7.78. The van der Waals surface area contributed by atoms with Crippen LogP contribution in [-0.4, -0.2) is 34.2 Å². The van der Waals surface area contributed by atoms with Crippen LogP contribution in [0.3, 0.4) is 0 Å². The van der Waals surface area contributed by atoms with E-state index in [4.69, 9.17) is 5.73 Å². The maximum atomic E-state index is 9.96. The summed E-state index contributed by atoms with van der Waals surface area (Å²) in [6.45, 7) is 0. The van der Waals surface area contributed by atoms with Crippen LogP contribution in [0.1, 0.15) is 11.4 Å². The largest absolute Gasteiger partial charge is 0.507 e. The van der Waals surface area contributed by atoms with Crippen LogP contribution >= 0.6 is 0 Å². The van der Waals surface area contributed by atoms with Gasteiger partial charge in [-0.05, 0) is 35.9 Å². The second-order valence-electron chi connectivity index (χ2n) is 5.71. The van der Waals surface area contributed by atoms with Crippen molar-refractivity contribution in [2.24, 2.45) is 0 Å². The highest BCUT2D eigenvalue weighted by atomic mass is 16.3. The zero-order chi connectivity index (χ0) is 17.8. The van der Waals surface area contributed by atoms with Gasteiger partial charge >= 0.3 is 0 Å². The fraction of sp³-hybridized carbons (Fsp3) is 0.105. The van der Waals surface area contributed by atoms with Crippen molar-refractivity contribution in [2.45, 2.75) is 0 Å². The minimum absolute atomic E-state index is 0.0994. The maximum Gasteiger partial charge on any atom is 0.224 e. The maximum absolute atomic E-state index is 9.96. The Balaban J connectivity index is 1.89. The predicted octanol–water partition coefficient (Wildman–Crippen LogP) is 3.06. The summed E-state index contributed by atoms with van der Waals surface area (Å²) in [5, 5.41) is 9.96. The van der Waals surface area contributed by atoms with E-state index in [2.05, 4.69) is 15.0 Å². The number of anilines is 2. The molecule has 0 spiro atoms. The third-order valence-corrected chi connectivity index (χ3v) is 3.65. The van der Waals surface area contributed by atoms with E-state index in [1.165, 1.54) is 0 Å². The summed E-state index contributed by atoms with van der Waals surface area (Å²) in [6.07, 6.45) is 3.68. The summed E-state index contributed by atoms with van der Waals surface area (Å²) in [5.74, 6) is 0.980. The molecule has 0 unspecified atom stereocenters. The Morgan fingerprint density at radius 3 is 2.32 bits per heavy atom. The first-order chi connectivity index (χ1) is 12.0. The predicted molar refractivity (Wildman–Crippen MR) is 101 cm³/mol. The van der Waals surface area contributed by atoms with Crippen molar-refractivity contribution in [2.75, 3.05) is 24.7 Å². The first kappa shape index (κ1) is 16.4. The van der Waals surface area contributed by atoms with Gasteiger partial charge in [-0.15, -0.1) is 0 Å². The molecule has 2 aromatic carbocycles. The van der Waals surface area contributed by atoms with Gasteiger partial charge in [0.1, 0.15) is 5.75 Å². The molecule has 3 aromatic rings. The number of hydrogen-bond donors (Lipinski definition) is 2. The van der Waals surface area contributed by atoms with Crippen LogP contribution in [0.25, 0.3) is 23.5 Å². The van der Waals surface area contributed by atoms with Gasteiger partial charge in [0.25, 0.3) is 0 Å². The van der Waals surface area contributed by atoms with Crippen molar-refractivity contribution in [1.29, 1.82) is 0 Å². The monoisotopic (exact) mass is 333 g/mol. The van der Waals surface area contributed by atoms with Gasteiger partial charge < -0.3 is 15.7 Å². The van der Waals surface area contributed by atoms with Gasteiger partial charge in [0.2, 0.25) is 5.95 Å². The molecular formula is C19H19N5O. The van der Waals surface area contributed by atoms with Crippen LogP contribution in [0.2, 0.25) is 0 Å². The molecule has 0 radical (unpaired) electrons. The number of hydrogen-bond acceptors (Lipinski definition) is 6. The average molecular weight is 333 g/mol. The Labute approximate surface area is 146 Å². The van der Waals surface area contributed by atoms with Gasteiger partial charge in [0.05, 0.1) is 5.56 Å². The topological polar surface area (TPSA) is 88.2 Å². The zero-order valence-electron chi connectivity index (χ0n) is 14.1. The third-order valence-electron chi connectivity index (χ3n) is 3.65. The second kappa shape index (κ2) is 7.00. The van der Waals surface area contributed by atoms with Crippen LogP contribution < -0.4 is 10.6 Å². The van der Waals surface area contributed by atoms with Crippen LogP contribution in [0.5, 0.6) is 5.75 Å². The number of phenols is 1. The summed E-state index contributed by atoms with van der Waals surface area (Å²) >= 11 is 0. The molecule has 3 N–H and O–H groups in total. The molecule has 6 heteroatoms. The Morgan fingerprint density at radius 2 is 1.64 bits per heavy atom. The molecule has 0 aliphatic heterocycles. The number of nitrogens with zero attached hydrogens (tertiary/aromatic N) is 4. The molecular weight excluding hydrogens is 314 g/mol. The van der Waals surface area contributed by atoms with Crippen LogP contribution in [0, 0.1) is 0 Å². The molecule has 0 aliphatic carbocycles. The van der Waals surface area contributed by atoms with Crippen LogP contribution in [0.15, 0.2) is 48.5 Å². The lowest BCUT2D eigenvalue weighted by atomic mass is 10.2. The van der Waals surface area contributed by atoms with E-state index < -0.39 is 0 Å². The van der Waals surface area contributed by atoms with Crippen molar-refractivity contribution < 1.29 is 5.11 Å². The minimum atomic E-state index is 0.0994. The Hall–Kier alpha value is -3.41. The van der Waals surface area contributed by atoms with E-state index in [1.54, 1.807) is 30.3 Å². The second-order valence-corrected chi connectivity index (χ2v) is 5.71. The molecule has 6 nitrogen and oxygen atoms in total. The fourth-order valence-corrected chi connectivity index (χ4v) is 2.32. The molecule has 0 aliphatic rings. The van der Waals surface area contributed by atoms with Gasteiger partial charge in [-0.3, -0.25) is 0 Å². The quantitative estimate of drug-likeness (QED) is 0.763. The highest BCUT2D eigenvalue weighted by molar-refractivity contribution is 5.70. The molecule has 126 valence electrons. The van der Waals surface area contributed by atoms with Crippen molar-refractivity contribution in [3.05, 3.63) is 59.9 Å². The lowest BCUT2D eigenvalue weighted by Gasteiger charge is -2.11. The van der Waals surface area contributed by atoms with Crippen LogP contribution in [-0.2, 0) is 0 Å². The van der Waals surface area contributed by atoms with Gasteiger partial charge in [0, 0.05) is 19.8 Å². The van der Waals surface area contributed by atoms with Gasteiger partial charge in [0.15, 0.2) is 11.6 Å². The van der Waals surface area contributed by atoms with Crippen LogP contribution in [0.4, 0.5) is 11.6 Å². The first-order valence-corrected chi connectivity index (χ1v) is 7.78. The summed E-state index contributed by atoms with van der Waals surface area (Å²) in [6, 6.07) is 15.0. The summed E-state index contributed by atoms with van der Waals surface area (Å²) < 4.78 is 0. The SMILES string of the molecule is CN(C)c1ccc(/C=C/c2nc(N)nc(-c3ccccc3O)n2)cc1. The van der Waals surface area contributed by atoms with Gasteiger partial charge in [-0.1, -0.05) is 30.3 Å². The van der Waals surface area contributed by atoms with Gasteiger partial charge in [-0.2, -0.15) is 9.97 Å². The normalized spacial score (nSPS) is 11.0.